The first kappa shape index (κ1) is 17.0. The van der Waals surface area contributed by atoms with E-state index >= 15 is 0 Å². The lowest BCUT2D eigenvalue weighted by atomic mass is 10.1. The van der Waals surface area contributed by atoms with Crippen molar-refractivity contribution in [2.45, 2.75) is 12.3 Å². The molecule has 0 spiro atoms. The molecule has 0 bridgehead atoms. The molecule has 2 fully saturated rings. The maximum Gasteiger partial charge on any atom is 0.226 e. The van der Waals surface area contributed by atoms with Crippen molar-refractivity contribution >= 4 is 12.0 Å². The van der Waals surface area contributed by atoms with Crippen LogP contribution in [0, 0.1) is 5.92 Å². The Hall–Kier alpha value is -2.39. The van der Waals surface area contributed by atoms with Crippen molar-refractivity contribution in [2.24, 2.45) is 5.92 Å². The third kappa shape index (κ3) is 4.05. The number of benzene rings is 2. The van der Waals surface area contributed by atoms with Crippen LogP contribution >= 0.6 is 0 Å². The fourth-order valence-electron chi connectivity index (χ4n) is 3.82. The Labute approximate surface area is 155 Å². The van der Waals surface area contributed by atoms with Crippen molar-refractivity contribution < 1.29 is 4.79 Å². The first-order valence-electron chi connectivity index (χ1n) is 9.59. The molecule has 2 aliphatic rings. The average Bonchev–Trinajstić information content (AvgIpc) is 3.50. The van der Waals surface area contributed by atoms with Gasteiger partial charge in [-0.15, -0.1) is 0 Å². The predicted octanol–water partition coefficient (Wildman–Crippen LogP) is 3.65. The molecule has 0 N–H and O–H groups in total. The molecule has 1 amide bonds. The van der Waals surface area contributed by atoms with Crippen LogP contribution in [-0.2, 0) is 4.79 Å². The van der Waals surface area contributed by atoms with Gasteiger partial charge in [-0.1, -0.05) is 72.8 Å². The molecular formula is C23H26N2O. The molecule has 3 heteroatoms. The van der Waals surface area contributed by atoms with E-state index in [1.807, 2.05) is 12.1 Å². The Morgan fingerprint density at radius 3 is 2.27 bits per heavy atom. The monoisotopic (exact) mass is 346 g/mol. The summed E-state index contributed by atoms with van der Waals surface area (Å²) in [6.07, 6.45) is 5.41. The Morgan fingerprint density at radius 2 is 1.58 bits per heavy atom. The number of hydrogen-bond acceptors (Lipinski definition) is 2. The quantitative estimate of drug-likeness (QED) is 0.825. The lowest BCUT2D eigenvalue weighted by Gasteiger charge is -2.34. The second kappa shape index (κ2) is 7.88. The Balaban J connectivity index is 1.23. The van der Waals surface area contributed by atoms with E-state index in [0.717, 1.165) is 39.1 Å². The highest BCUT2D eigenvalue weighted by Gasteiger charge is 2.45. The van der Waals surface area contributed by atoms with Crippen LogP contribution in [0.5, 0.6) is 0 Å². The lowest BCUT2D eigenvalue weighted by Crippen LogP contribution is -2.49. The molecule has 134 valence electrons. The SMILES string of the molecule is O=C(C1CC1c1ccccc1)N1CCN(C/C=C/c2ccccc2)CC1. The van der Waals surface area contributed by atoms with Gasteiger partial charge in [0.2, 0.25) is 5.91 Å². The summed E-state index contributed by atoms with van der Waals surface area (Å²) in [6, 6.07) is 20.9. The van der Waals surface area contributed by atoms with Gasteiger partial charge in [-0.2, -0.15) is 0 Å². The van der Waals surface area contributed by atoms with E-state index in [1.54, 1.807) is 0 Å². The molecule has 1 aliphatic carbocycles. The van der Waals surface area contributed by atoms with Gasteiger partial charge in [0.1, 0.15) is 0 Å². The van der Waals surface area contributed by atoms with Gasteiger partial charge >= 0.3 is 0 Å². The molecule has 3 nitrogen and oxygen atoms in total. The van der Waals surface area contributed by atoms with Crippen molar-refractivity contribution in [3.05, 3.63) is 77.9 Å². The molecule has 0 aromatic heterocycles. The molecule has 1 heterocycles. The van der Waals surface area contributed by atoms with Crippen LogP contribution in [0.4, 0.5) is 0 Å². The minimum atomic E-state index is 0.210. The van der Waals surface area contributed by atoms with Crippen LogP contribution in [0.1, 0.15) is 23.5 Å². The molecule has 0 radical (unpaired) electrons. The summed E-state index contributed by atoms with van der Waals surface area (Å²) < 4.78 is 0. The zero-order valence-corrected chi connectivity index (χ0v) is 15.1. The fourth-order valence-corrected chi connectivity index (χ4v) is 3.82. The highest BCUT2D eigenvalue weighted by atomic mass is 16.2. The molecule has 1 saturated carbocycles. The molecule has 26 heavy (non-hydrogen) atoms. The smallest absolute Gasteiger partial charge is 0.226 e. The van der Waals surface area contributed by atoms with Crippen molar-refractivity contribution in [3.8, 4) is 0 Å². The number of piperazine rings is 1. The molecule has 2 atom stereocenters. The van der Waals surface area contributed by atoms with Crippen molar-refractivity contribution in [3.63, 3.8) is 0 Å². The van der Waals surface area contributed by atoms with Crippen molar-refractivity contribution in [1.82, 2.24) is 9.80 Å². The summed E-state index contributed by atoms with van der Waals surface area (Å²) in [6.45, 7) is 4.60. The maximum atomic E-state index is 12.7. The normalized spacial score (nSPS) is 23.3. The maximum absolute atomic E-state index is 12.7. The first-order valence-corrected chi connectivity index (χ1v) is 9.59. The number of nitrogens with zero attached hydrogens (tertiary/aromatic N) is 2. The predicted molar refractivity (Wildman–Crippen MR) is 106 cm³/mol. The lowest BCUT2D eigenvalue weighted by molar-refractivity contribution is -0.134. The van der Waals surface area contributed by atoms with Crippen LogP contribution in [-0.4, -0.2) is 48.4 Å². The van der Waals surface area contributed by atoms with E-state index in [-0.39, 0.29) is 5.92 Å². The van der Waals surface area contributed by atoms with Gasteiger partial charge < -0.3 is 4.90 Å². The summed E-state index contributed by atoms with van der Waals surface area (Å²) in [4.78, 5) is 17.2. The zero-order chi connectivity index (χ0) is 17.8. The Kier molecular flexibility index (Phi) is 5.16. The van der Waals surface area contributed by atoms with E-state index in [1.165, 1.54) is 11.1 Å². The van der Waals surface area contributed by atoms with Gasteiger partial charge in [0.05, 0.1) is 0 Å². The molecule has 2 aromatic rings. The molecular weight excluding hydrogens is 320 g/mol. The third-order valence-corrected chi connectivity index (χ3v) is 5.49. The molecule has 1 saturated heterocycles. The minimum Gasteiger partial charge on any atom is -0.340 e. The number of rotatable bonds is 5. The van der Waals surface area contributed by atoms with Crippen LogP contribution in [0.15, 0.2) is 66.7 Å². The van der Waals surface area contributed by atoms with E-state index < -0.39 is 0 Å². The minimum absolute atomic E-state index is 0.210. The molecule has 2 unspecified atom stereocenters. The van der Waals surface area contributed by atoms with Crippen molar-refractivity contribution in [1.29, 1.82) is 0 Å². The summed E-state index contributed by atoms with van der Waals surface area (Å²) in [5.74, 6) is 1.01. The number of carbonyl (C=O) groups is 1. The van der Waals surface area contributed by atoms with Gasteiger partial charge in [-0.3, -0.25) is 9.69 Å². The third-order valence-electron chi connectivity index (χ3n) is 5.49. The second-order valence-corrected chi connectivity index (χ2v) is 7.30. The topological polar surface area (TPSA) is 23.6 Å². The van der Waals surface area contributed by atoms with Gasteiger partial charge in [0.15, 0.2) is 0 Å². The van der Waals surface area contributed by atoms with E-state index in [2.05, 4.69) is 70.5 Å². The highest BCUT2D eigenvalue weighted by molar-refractivity contribution is 5.83. The molecule has 2 aromatic carbocycles. The Morgan fingerprint density at radius 1 is 0.923 bits per heavy atom. The summed E-state index contributed by atoms with van der Waals surface area (Å²) in [5, 5.41) is 0. The van der Waals surface area contributed by atoms with Crippen LogP contribution in [0.2, 0.25) is 0 Å². The summed E-state index contributed by atoms with van der Waals surface area (Å²) in [7, 11) is 0. The number of amides is 1. The largest absolute Gasteiger partial charge is 0.340 e. The van der Waals surface area contributed by atoms with Gasteiger partial charge in [0.25, 0.3) is 0 Å². The van der Waals surface area contributed by atoms with E-state index in [0.29, 0.717) is 11.8 Å². The van der Waals surface area contributed by atoms with Crippen LogP contribution in [0.25, 0.3) is 6.08 Å². The number of hydrogen-bond donors (Lipinski definition) is 0. The van der Waals surface area contributed by atoms with Crippen LogP contribution in [0.3, 0.4) is 0 Å². The summed E-state index contributed by atoms with van der Waals surface area (Å²) in [5.41, 5.74) is 2.55. The van der Waals surface area contributed by atoms with E-state index in [4.69, 9.17) is 0 Å². The van der Waals surface area contributed by atoms with Gasteiger partial charge in [-0.05, 0) is 23.5 Å². The summed E-state index contributed by atoms with van der Waals surface area (Å²) >= 11 is 0. The first-order chi connectivity index (χ1) is 12.8. The van der Waals surface area contributed by atoms with Gasteiger partial charge in [-0.25, -0.2) is 0 Å². The standard InChI is InChI=1S/C23H26N2O/c26-23(22-18-21(22)20-11-5-2-6-12-20)25-16-14-24(15-17-25)13-7-10-19-8-3-1-4-9-19/h1-12,21-22H,13-18H2/b10-7+. The van der Waals surface area contributed by atoms with Crippen molar-refractivity contribution in [2.75, 3.05) is 32.7 Å². The highest BCUT2D eigenvalue weighted by Crippen LogP contribution is 2.48. The average molecular weight is 346 g/mol. The molecule has 1 aliphatic heterocycles. The Bertz CT molecular complexity index is 748. The van der Waals surface area contributed by atoms with Gasteiger partial charge in [0, 0.05) is 38.6 Å². The van der Waals surface area contributed by atoms with Crippen LogP contribution < -0.4 is 0 Å². The second-order valence-electron chi connectivity index (χ2n) is 7.30. The number of carbonyl (C=O) groups excluding carboxylic acids is 1. The zero-order valence-electron chi connectivity index (χ0n) is 15.1. The molecule has 4 rings (SSSR count). The fraction of sp³-hybridized carbons (Fsp3) is 0.348. The van der Waals surface area contributed by atoms with E-state index in [9.17, 15) is 4.79 Å².